The van der Waals surface area contributed by atoms with Crippen LogP contribution in [-0.4, -0.2) is 18.5 Å². The molecule has 3 heteroatoms. The Morgan fingerprint density at radius 1 is 1.19 bits per heavy atom. The molecule has 0 saturated carbocycles. The fourth-order valence-corrected chi connectivity index (χ4v) is 2.83. The summed E-state index contributed by atoms with van der Waals surface area (Å²) in [5.74, 6) is 1.01. The van der Waals surface area contributed by atoms with Crippen LogP contribution in [0.15, 0.2) is 18.2 Å². The Kier molecular flexibility index (Phi) is 5.40. The zero-order chi connectivity index (χ0) is 15.4. The van der Waals surface area contributed by atoms with Crippen LogP contribution < -0.4 is 10.6 Å². The first-order chi connectivity index (χ1) is 9.99. The molecule has 0 radical (unpaired) electrons. The molecule has 21 heavy (non-hydrogen) atoms. The van der Waals surface area contributed by atoms with E-state index in [9.17, 15) is 4.79 Å². The number of carbonyl (C=O) groups is 1. The molecule has 3 nitrogen and oxygen atoms in total. The van der Waals surface area contributed by atoms with E-state index in [0.717, 1.165) is 25.1 Å². The maximum Gasteiger partial charge on any atom is 0.241 e. The molecule has 0 spiro atoms. The van der Waals surface area contributed by atoms with Crippen molar-refractivity contribution in [1.29, 1.82) is 0 Å². The summed E-state index contributed by atoms with van der Waals surface area (Å²) >= 11 is 0. The van der Waals surface area contributed by atoms with E-state index in [1.54, 1.807) is 0 Å². The SMILES string of the molecule is CC(C)c1ccc(NC(=O)C2CCCCN2)c(C(C)C)c1. The summed E-state index contributed by atoms with van der Waals surface area (Å²) in [5, 5.41) is 6.43. The zero-order valence-electron chi connectivity index (χ0n) is 13.7. The molecule has 1 saturated heterocycles. The summed E-state index contributed by atoms with van der Waals surface area (Å²) in [6, 6.07) is 6.38. The van der Waals surface area contributed by atoms with Crippen LogP contribution in [0.5, 0.6) is 0 Å². The van der Waals surface area contributed by atoms with Gasteiger partial charge in [-0.15, -0.1) is 0 Å². The van der Waals surface area contributed by atoms with Crippen molar-refractivity contribution in [3.63, 3.8) is 0 Å². The third-order valence-corrected chi connectivity index (χ3v) is 4.25. The monoisotopic (exact) mass is 288 g/mol. The van der Waals surface area contributed by atoms with Crippen LogP contribution in [0.25, 0.3) is 0 Å². The molecule has 1 aliphatic heterocycles. The van der Waals surface area contributed by atoms with E-state index in [0.29, 0.717) is 11.8 Å². The summed E-state index contributed by atoms with van der Waals surface area (Å²) in [4.78, 5) is 12.4. The van der Waals surface area contributed by atoms with Gasteiger partial charge in [-0.2, -0.15) is 0 Å². The zero-order valence-corrected chi connectivity index (χ0v) is 13.7. The predicted molar refractivity (Wildman–Crippen MR) is 88.9 cm³/mol. The van der Waals surface area contributed by atoms with Gasteiger partial charge >= 0.3 is 0 Å². The van der Waals surface area contributed by atoms with E-state index in [2.05, 4.69) is 56.5 Å². The van der Waals surface area contributed by atoms with Crippen molar-refractivity contribution < 1.29 is 4.79 Å². The summed E-state index contributed by atoms with van der Waals surface area (Å²) in [7, 11) is 0. The summed E-state index contributed by atoms with van der Waals surface area (Å²) in [6.45, 7) is 9.69. The second-order valence-electron chi connectivity index (χ2n) is 6.65. The van der Waals surface area contributed by atoms with Gasteiger partial charge in [0.1, 0.15) is 0 Å². The lowest BCUT2D eigenvalue weighted by Crippen LogP contribution is -2.43. The van der Waals surface area contributed by atoms with Gasteiger partial charge in [0.2, 0.25) is 5.91 Å². The number of rotatable bonds is 4. The molecular weight excluding hydrogens is 260 g/mol. The van der Waals surface area contributed by atoms with E-state index >= 15 is 0 Å². The average Bonchev–Trinajstić information content (AvgIpc) is 2.48. The first kappa shape index (κ1) is 16.0. The van der Waals surface area contributed by atoms with Crippen LogP contribution >= 0.6 is 0 Å². The Morgan fingerprint density at radius 2 is 1.95 bits per heavy atom. The minimum atomic E-state index is -0.0384. The number of hydrogen-bond donors (Lipinski definition) is 2. The van der Waals surface area contributed by atoms with Crippen molar-refractivity contribution in [1.82, 2.24) is 5.32 Å². The first-order valence-corrected chi connectivity index (χ1v) is 8.17. The number of nitrogens with one attached hydrogen (secondary N) is 2. The Bertz CT molecular complexity index is 488. The third kappa shape index (κ3) is 4.07. The minimum Gasteiger partial charge on any atom is -0.324 e. The lowest BCUT2D eigenvalue weighted by molar-refractivity contribution is -0.118. The smallest absolute Gasteiger partial charge is 0.241 e. The normalized spacial score (nSPS) is 19.0. The molecule has 0 bridgehead atoms. The Balaban J connectivity index is 2.16. The molecule has 1 atom stereocenters. The molecule has 1 amide bonds. The minimum absolute atomic E-state index is 0.0384. The summed E-state index contributed by atoms with van der Waals surface area (Å²) < 4.78 is 0. The van der Waals surface area contributed by atoms with Gasteiger partial charge in [0.15, 0.2) is 0 Å². The second kappa shape index (κ2) is 7.08. The van der Waals surface area contributed by atoms with E-state index < -0.39 is 0 Å². The lowest BCUT2D eigenvalue weighted by atomic mass is 9.94. The fourth-order valence-electron chi connectivity index (χ4n) is 2.83. The van der Waals surface area contributed by atoms with Crippen LogP contribution in [0.1, 0.15) is 69.9 Å². The number of amides is 1. The molecule has 0 aromatic heterocycles. The number of carbonyl (C=O) groups excluding carboxylic acids is 1. The fraction of sp³-hybridized carbons (Fsp3) is 0.611. The van der Waals surface area contributed by atoms with Crippen LogP contribution in [0.3, 0.4) is 0 Å². The third-order valence-electron chi connectivity index (χ3n) is 4.25. The molecule has 1 aliphatic rings. The van der Waals surface area contributed by atoms with Crippen LogP contribution in [0.2, 0.25) is 0 Å². The summed E-state index contributed by atoms with van der Waals surface area (Å²) in [5.41, 5.74) is 3.52. The highest BCUT2D eigenvalue weighted by Crippen LogP contribution is 2.28. The van der Waals surface area contributed by atoms with Crippen LogP contribution in [0.4, 0.5) is 5.69 Å². The van der Waals surface area contributed by atoms with Gasteiger partial charge in [0, 0.05) is 5.69 Å². The van der Waals surface area contributed by atoms with Crippen molar-refractivity contribution in [2.45, 2.75) is 64.8 Å². The molecule has 1 fully saturated rings. The van der Waals surface area contributed by atoms with Gasteiger partial charge in [0.25, 0.3) is 0 Å². The Morgan fingerprint density at radius 3 is 2.52 bits per heavy atom. The van der Waals surface area contributed by atoms with Crippen molar-refractivity contribution in [2.24, 2.45) is 0 Å². The van der Waals surface area contributed by atoms with Gasteiger partial charge in [-0.3, -0.25) is 4.79 Å². The summed E-state index contributed by atoms with van der Waals surface area (Å²) in [6.07, 6.45) is 3.24. The molecule has 0 aliphatic carbocycles. The predicted octanol–water partition coefficient (Wildman–Crippen LogP) is 4.01. The van der Waals surface area contributed by atoms with Gasteiger partial charge in [-0.25, -0.2) is 0 Å². The number of piperidine rings is 1. The lowest BCUT2D eigenvalue weighted by Gasteiger charge is -2.24. The van der Waals surface area contributed by atoms with Gasteiger partial charge in [-0.05, 0) is 48.4 Å². The molecule has 2 rings (SSSR count). The van der Waals surface area contributed by atoms with Gasteiger partial charge in [0.05, 0.1) is 6.04 Å². The molecular formula is C18H28N2O. The van der Waals surface area contributed by atoms with E-state index in [4.69, 9.17) is 0 Å². The van der Waals surface area contributed by atoms with E-state index in [1.807, 2.05) is 0 Å². The van der Waals surface area contributed by atoms with E-state index in [1.165, 1.54) is 17.5 Å². The number of benzene rings is 1. The van der Waals surface area contributed by atoms with Gasteiger partial charge < -0.3 is 10.6 Å². The molecule has 2 N–H and O–H groups in total. The van der Waals surface area contributed by atoms with Crippen molar-refractivity contribution >= 4 is 11.6 Å². The van der Waals surface area contributed by atoms with E-state index in [-0.39, 0.29) is 11.9 Å². The highest BCUT2D eigenvalue weighted by atomic mass is 16.2. The topological polar surface area (TPSA) is 41.1 Å². The maximum atomic E-state index is 12.4. The first-order valence-electron chi connectivity index (χ1n) is 8.17. The van der Waals surface area contributed by atoms with Crippen molar-refractivity contribution in [3.05, 3.63) is 29.3 Å². The van der Waals surface area contributed by atoms with Crippen molar-refractivity contribution in [3.8, 4) is 0 Å². The van der Waals surface area contributed by atoms with Gasteiger partial charge in [-0.1, -0.05) is 46.2 Å². The molecule has 1 heterocycles. The number of anilines is 1. The van der Waals surface area contributed by atoms with Crippen molar-refractivity contribution in [2.75, 3.05) is 11.9 Å². The Hall–Kier alpha value is -1.35. The quantitative estimate of drug-likeness (QED) is 0.878. The molecule has 1 aromatic carbocycles. The van der Waals surface area contributed by atoms with Crippen LogP contribution in [-0.2, 0) is 4.79 Å². The number of hydrogen-bond acceptors (Lipinski definition) is 2. The second-order valence-corrected chi connectivity index (χ2v) is 6.65. The molecule has 116 valence electrons. The largest absolute Gasteiger partial charge is 0.324 e. The molecule has 1 aromatic rings. The molecule has 1 unspecified atom stereocenters. The highest BCUT2D eigenvalue weighted by Gasteiger charge is 2.21. The maximum absolute atomic E-state index is 12.4. The Labute approximate surface area is 128 Å². The highest BCUT2D eigenvalue weighted by molar-refractivity contribution is 5.95. The van der Waals surface area contributed by atoms with Crippen LogP contribution in [0, 0.1) is 0 Å². The average molecular weight is 288 g/mol. The standard InChI is InChI=1S/C18H28N2O/c1-12(2)14-8-9-16(15(11-14)13(3)4)20-18(21)17-7-5-6-10-19-17/h8-9,11-13,17,19H,5-7,10H2,1-4H3,(H,20,21).